The summed E-state index contributed by atoms with van der Waals surface area (Å²) in [6, 6.07) is 14.8. The molecule has 0 aliphatic heterocycles. The smallest absolute Gasteiger partial charge is 0.335 e. The van der Waals surface area contributed by atoms with Crippen molar-refractivity contribution in [2.45, 2.75) is 11.5 Å². The number of hydrogen-bond acceptors (Lipinski definition) is 2. The molecule has 0 spiro atoms. The second-order valence-corrected chi connectivity index (χ2v) is 5.44. The van der Waals surface area contributed by atoms with Gasteiger partial charge >= 0.3 is 5.97 Å². The van der Waals surface area contributed by atoms with E-state index < -0.39 is 5.97 Å². The minimum Gasteiger partial charge on any atom is -0.478 e. The van der Waals surface area contributed by atoms with E-state index in [1.165, 1.54) is 0 Å². The topological polar surface area (TPSA) is 37.3 Å². The molecule has 2 rings (SSSR count). The molecule has 2 nitrogen and oxygen atoms in total. The monoisotopic (exact) mass is 292 g/mol. The molecular formula is C15H13ClO2S. The minimum absolute atomic E-state index is 0.370. The first-order valence-electron chi connectivity index (χ1n) is 5.81. The van der Waals surface area contributed by atoms with Crippen molar-refractivity contribution in [1.29, 1.82) is 0 Å². The zero-order valence-electron chi connectivity index (χ0n) is 10.2. The Balaban J connectivity index is 2.00. The Morgan fingerprint density at radius 2 is 1.58 bits per heavy atom. The Hall–Kier alpha value is -1.45. The van der Waals surface area contributed by atoms with E-state index in [4.69, 9.17) is 16.7 Å². The average molecular weight is 293 g/mol. The third kappa shape index (κ3) is 3.75. The number of carbonyl (C=O) groups is 1. The summed E-state index contributed by atoms with van der Waals surface area (Å²) in [5, 5.41) is 9.85. The second-order valence-electron chi connectivity index (χ2n) is 4.05. The lowest BCUT2D eigenvalue weighted by molar-refractivity contribution is 0.0696. The number of hydrogen-bond donors (Lipinski definition) is 1. The quantitative estimate of drug-likeness (QED) is 0.883. The Morgan fingerprint density at radius 1 is 1.00 bits per heavy atom. The molecule has 0 bridgehead atoms. The van der Waals surface area contributed by atoms with Gasteiger partial charge in [0.15, 0.2) is 0 Å². The van der Waals surface area contributed by atoms with Crippen LogP contribution in [0.25, 0.3) is 0 Å². The summed E-state index contributed by atoms with van der Waals surface area (Å²) in [5.74, 6) is 0.551. The Bertz CT molecular complexity index is 584. The van der Waals surface area contributed by atoms with Gasteiger partial charge in [0.25, 0.3) is 0 Å². The van der Waals surface area contributed by atoms with Gasteiger partial charge in [0.1, 0.15) is 0 Å². The van der Waals surface area contributed by atoms with E-state index in [0.717, 1.165) is 21.9 Å². The van der Waals surface area contributed by atoms with Crippen LogP contribution in [0.4, 0.5) is 0 Å². The van der Waals surface area contributed by atoms with Crippen LogP contribution in [0.15, 0.2) is 48.5 Å². The van der Waals surface area contributed by atoms with Crippen molar-refractivity contribution in [3.63, 3.8) is 0 Å². The number of carboxylic acids is 1. The first kappa shape index (κ1) is 14.0. The van der Waals surface area contributed by atoms with Crippen LogP contribution in [0.1, 0.15) is 21.5 Å². The highest BCUT2D eigenvalue weighted by Gasteiger charge is 2.09. The van der Waals surface area contributed by atoms with Gasteiger partial charge in [0.05, 0.1) is 5.56 Å². The van der Waals surface area contributed by atoms with Gasteiger partial charge in [-0.3, -0.25) is 0 Å². The van der Waals surface area contributed by atoms with E-state index in [1.54, 1.807) is 23.9 Å². The number of rotatable bonds is 5. The van der Waals surface area contributed by atoms with Gasteiger partial charge in [0.2, 0.25) is 0 Å². The molecule has 0 fully saturated rings. The normalized spacial score (nSPS) is 10.4. The fraction of sp³-hybridized carbons (Fsp3) is 0.133. The van der Waals surface area contributed by atoms with Crippen molar-refractivity contribution in [2.24, 2.45) is 0 Å². The summed E-state index contributed by atoms with van der Waals surface area (Å²) >= 11 is 7.74. The van der Waals surface area contributed by atoms with E-state index in [2.05, 4.69) is 0 Å². The van der Waals surface area contributed by atoms with E-state index in [9.17, 15) is 4.79 Å². The van der Waals surface area contributed by atoms with Crippen molar-refractivity contribution in [3.05, 3.63) is 70.2 Å². The van der Waals surface area contributed by atoms with Crippen LogP contribution in [0.3, 0.4) is 0 Å². The van der Waals surface area contributed by atoms with Crippen LogP contribution in [0.2, 0.25) is 5.02 Å². The SMILES string of the molecule is O=C(O)c1ccccc1CSCc1ccccc1Cl. The number of halogens is 1. The van der Waals surface area contributed by atoms with Gasteiger partial charge in [0, 0.05) is 16.5 Å². The summed E-state index contributed by atoms with van der Waals surface area (Å²) < 4.78 is 0. The fourth-order valence-corrected chi connectivity index (χ4v) is 3.07. The number of carboxylic acid groups (broad SMARTS) is 1. The third-order valence-electron chi connectivity index (χ3n) is 2.72. The molecule has 2 aromatic carbocycles. The Morgan fingerprint density at radius 3 is 2.26 bits per heavy atom. The lowest BCUT2D eigenvalue weighted by atomic mass is 10.1. The van der Waals surface area contributed by atoms with E-state index in [-0.39, 0.29) is 0 Å². The Kier molecular flexibility index (Phi) is 4.88. The van der Waals surface area contributed by atoms with Crippen molar-refractivity contribution in [2.75, 3.05) is 0 Å². The summed E-state index contributed by atoms with van der Waals surface area (Å²) in [5.41, 5.74) is 2.28. The van der Waals surface area contributed by atoms with Crippen molar-refractivity contribution >= 4 is 29.3 Å². The van der Waals surface area contributed by atoms with Crippen LogP contribution in [-0.2, 0) is 11.5 Å². The molecule has 0 aromatic heterocycles. The van der Waals surface area contributed by atoms with Gasteiger partial charge in [-0.05, 0) is 23.3 Å². The molecule has 0 heterocycles. The first-order valence-corrected chi connectivity index (χ1v) is 7.34. The fourth-order valence-electron chi connectivity index (χ4n) is 1.74. The molecule has 0 unspecified atom stereocenters. The van der Waals surface area contributed by atoms with Gasteiger partial charge < -0.3 is 5.11 Å². The molecule has 0 amide bonds. The molecule has 0 saturated heterocycles. The molecule has 0 radical (unpaired) electrons. The highest BCUT2D eigenvalue weighted by Crippen LogP contribution is 2.24. The van der Waals surface area contributed by atoms with E-state index in [1.807, 2.05) is 36.4 Å². The summed E-state index contributed by atoms with van der Waals surface area (Å²) in [6.45, 7) is 0. The van der Waals surface area contributed by atoms with E-state index in [0.29, 0.717) is 11.3 Å². The van der Waals surface area contributed by atoms with Crippen molar-refractivity contribution < 1.29 is 9.90 Å². The van der Waals surface area contributed by atoms with Crippen LogP contribution < -0.4 is 0 Å². The molecule has 19 heavy (non-hydrogen) atoms. The maximum atomic E-state index is 11.1. The molecule has 0 aliphatic carbocycles. The van der Waals surface area contributed by atoms with Crippen molar-refractivity contribution in [1.82, 2.24) is 0 Å². The minimum atomic E-state index is -0.881. The standard InChI is InChI=1S/C15H13ClO2S/c16-14-8-4-2-6-12(14)10-19-9-11-5-1-3-7-13(11)15(17)18/h1-8H,9-10H2,(H,17,18). The maximum absolute atomic E-state index is 11.1. The van der Waals surface area contributed by atoms with Crippen LogP contribution in [0.5, 0.6) is 0 Å². The van der Waals surface area contributed by atoms with Crippen molar-refractivity contribution in [3.8, 4) is 0 Å². The van der Waals surface area contributed by atoms with Gasteiger partial charge in [-0.25, -0.2) is 4.79 Å². The Labute approximate surface area is 121 Å². The van der Waals surface area contributed by atoms with Gasteiger partial charge in [-0.15, -0.1) is 0 Å². The number of thioether (sulfide) groups is 1. The molecule has 0 atom stereocenters. The average Bonchev–Trinajstić information content (AvgIpc) is 2.41. The molecule has 98 valence electrons. The molecule has 2 aromatic rings. The molecular weight excluding hydrogens is 280 g/mol. The number of aromatic carboxylic acids is 1. The molecule has 0 saturated carbocycles. The molecule has 0 aliphatic rings. The summed E-state index contributed by atoms with van der Waals surface area (Å²) in [6.07, 6.45) is 0. The maximum Gasteiger partial charge on any atom is 0.335 e. The van der Waals surface area contributed by atoms with E-state index >= 15 is 0 Å². The van der Waals surface area contributed by atoms with Crippen LogP contribution in [-0.4, -0.2) is 11.1 Å². The lowest BCUT2D eigenvalue weighted by Crippen LogP contribution is -2.01. The zero-order valence-corrected chi connectivity index (χ0v) is 11.7. The molecule has 1 N–H and O–H groups in total. The first-order chi connectivity index (χ1) is 9.18. The van der Waals surface area contributed by atoms with Gasteiger partial charge in [-0.1, -0.05) is 48.0 Å². The second kappa shape index (κ2) is 6.64. The molecule has 4 heteroatoms. The lowest BCUT2D eigenvalue weighted by Gasteiger charge is -2.06. The predicted octanol–water partition coefficient (Wildman–Crippen LogP) is 4.47. The van der Waals surface area contributed by atoms with Crippen LogP contribution in [0, 0.1) is 0 Å². The highest BCUT2D eigenvalue weighted by atomic mass is 35.5. The predicted molar refractivity (Wildman–Crippen MR) is 79.9 cm³/mol. The number of benzene rings is 2. The largest absolute Gasteiger partial charge is 0.478 e. The zero-order chi connectivity index (χ0) is 13.7. The summed E-state index contributed by atoms with van der Waals surface area (Å²) in [4.78, 5) is 11.1. The third-order valence-corrected chi connectivity index (χ3v) is 4.12. The summed E-state index contributed by atoms with van der Waals surface area (Å²) in [7, 11) is 0. The highest BCUT2D eigenvalue weighted by molar-refractivity contribution is 7.97. The van der Waals surface area contributed by atoms with Crippen LogP contribution >= 0.6 is 23.4 Å². The van der Waals surface area contributed by atoms with Gasteiger partial charge in [-0.2, -0.15) is 11.8 Å².